The molecule has 1 N–H and O–H groups in total. The molecule has 0 fully saturated rings. The molecule has 100 valence electrons. The second-order valence-electron chi connectivity index (χ2n) is 4.40. The van der Waals surface area contributed by atoms with E-state index in [9.17, 15) is 0 Å². The van der Waals surface area contributed by atoms with E-state index in [0.717, 1.165) is 22.4 Å². The van der Waals surface area contributed by atoms with E-state index in [0.29, 0.717) is 6.54 Å². The molecule has 0 saturated heterocycles. The average molecular weight is 267 g/mol. The lowest BCUT2D eigenvalue weighted by Crippen LogP contribution is -2.00. The molecule has 0 atom stereocenters. The van der Waals surface area contributed by atoms with E-state index in [1.165, 1.54) is 6.33 Å². The quantitative estimate of drug-likeness (QED) is 0.770. The minimum absolute atomic E-state index is 0.0573. The summed E-state index contributed by atoms with van der Waals surface area (Å²) in [6.07, 6.45) is 6.75. The second-order valence-corrected chi connectivity index (χ2v) is 4.40. The number of hydrogen-bond donors (Lipinski definition) is 1. The van der Waals surface area contributed by atoms with Crippen molar-refractivity contribution in [1.82, 2.24) is 25.0 Å². The van der Waals surface area contributed by atoms with E-state index >= 15 is 0 Å². The Bertz CT molecular complexity index is 678. The van der Waals surface area contributed by atoms with Crippen molar-refractivity contribution in [2.75, 3.05) is 0 Å². The predicted molar refractivity (Wildman–Crippen MR) is 72.5 cm³/mol. The summed E-state index contributed by atoms with van der Waals surface area (Å²) in [5, 5.41) is 17.2. The molecule has 6 heteroatoms. The Morgan fingerprint density at radius 1 is 1.00 bits per heavy atom. The van der Waals surface area contributed by atoms with Gasteiger partial charge in [0.05, 0.1) is 19.3 Å². The van der Waals surface area contributed by atoms with Gasteiger partial charge in [-0.1, -0.05) is 29.5 Å². The lowest BCUT2D eigenvalue weighted by Gasteiger charge is -2.02. The standard InChI is InChI=1S/C14H13N5O/c20-9-12-3-1-11(2-4-12)7-19-8-14(17-18-19)13-5-15-10-16-6-13/h1-6,8,10,20H,7,9H2. The third-order valence-corrected chi connectivity index (χ3v) is 2.95. The molecular weight excluding hydrogens is 254 g/mol. The van der Waals surface area contributed by atoms with Gasteiger partial charge in [-0.15, -0.1) is 5.10 Å². The summed E-state index contributed by atoms with van der Waals surface area (Å²) < 4.78 is 1.76. The number of aliphatic hydroxyl groups is 1. The Labute approximate surface area is 115 Å². The minimum Gasteiger partial charge on any atom is -0.392 e. The molecule has 20 heavy (non-hydrogen) atoms. The lowest BCUT2D eigenvalue weighted by molar-refractivity contribution is 0.282. The first-order valence-electron chi connectivity index (χ1n) is 6.19. The molecule has 2 aromatic heterocycles. The maximum atomic E-state index is 9.01. The SMILES string of the molecule is OCc1ccc(Cn2cc(-c3cncnc3)nn2)cc1. The van der Waals surface area contributed by atoms with E-state index in [2.05, 4.69) is 20.3 Å². The minimum atomic E-state index is 0.0573. The maximum Gasteiger partial charge on any atom is 0.116 e. The lowest BCUT2D eigenvalue weighted by atomic mass is 10.1. The Morgan fingerprint density at radius 2 is 1.70 bits per heavy atom. The summed E-state index contributed by atoms with van der Waals surface area (Å²) in [7, 11) is 0. The Balaban J connectivity index is 1.77. The predicted octanol–water partition coefficient (Wildman–Crippen LogP) is 1.28. The fourth-order valence-electron chi connectivity index (χ4n) is 1.88. The highest BCUT2D eigenvalue weighted by Gasteiger charge is 2.04. The highest BCUT2D eigenvalue weighted by Crippen LogP contribution is 2.13. The monoisotopic (exact) mass is 267 g/mol. The van der Waals surface area contributed by atoms with Gasteiger partial charge in [-0.2, -0.15) is 0 Å². The third kappa shape index (κ3) is 2.70. The number of nitrogens with zero attached hydrogens (tertiary/aromatic N) is 5. The first-order valence-corrected chi connectivity index (χ1v) is 6.19. The zero-order valence-electron chi connectivity index (χ0n) is 10.7. The topological polar surface area (TPSA) is 76.7 Å². The molecule has 0 aliphatic rings. The molecule has 0 aliphatic heterocycles. The van der Waals surface area contributed by atoms with E-state index in [-0.39, 0.29) is 6.61 Å². The molecule has 0 radical (unpaired) electrons. The van der Waals surface area contributed by atoms with Gasteiger partial charge in [0.2, 0.25) is 0 Å². The number of aromatic nitrogens is 5. The molecular formula is C14H13N5O. The van der Waals surface area contributed by atoms with Crippen LogP contribution in [0.5, 0.6) is 0 Å². The molecule has 6 nitrogen and oxygen atoms in total. The van der Waals surface area contributed by atoms with E-state index in [1.807, 2.05) is 30.5 Å². The van der Waals surface area contributed by atoms with Crippen molar-refractivity contribution in [3.8, 4) is 11.3 Å². The van der Waals surface area contributed by atoms with E-state index in [4.69, 9.17) is 5.11 Å². The van der Waals surface area contributed by atoms with Crippen molar-refractivity contribution in [2.24, 2.45) is 0 Å². The van der Waals surface area contributed by atoms with Gasteiger partial charge < -0.3 is 5.11 Å². The number of rotatable bonds is 4. The largest absolute Gasteiger partial charge is 0.392 e. The highest BCUT2D eigenvalue weighted by molar-refractivity contribution is 5.54. The van der Waals surface area contributed by atoms with Gasteiger partial charge in [0.1, 0.15) is 12.0 Å². The fourth-order valence-corrected chi connectivity index (χ4v) is 1.88. The molecule has 0 amide bonds. The fraction of sp³-hybridized carbons (Fsp3) is 0.143. The molecule has 3 aromatic rings. The summed E-state index contributed by atoms with van der Waals surface area (Å²) in [6, 6.07) is 7.74. The smallest absolute Gasteiger partial charge is 0.116 e. The van der Waals surface area contributed by atoms with Crippen LogP contribution in [0.1, 0.15) is 11.1 Å². The van der Waals surface area contributed by atoms with Gasteiger partial charge in [0, 0.05) is 18.0 Å². The van der Waals surface area contributed by atoms with Gasteiger partial charge >= 0.3 is 0 Å². The van der Waals surface area contributed by atoms with Crippen LogP contribution in [-0.4, -0.2) is 30.1 Å². The Hall–Kier alpha value is -2.60. The van der Waals surface area contributed by atoms with Crippen LogP contribution in [0.25, 0.3) is 11.3 Å². The van der Waals surface area contributed by atoms with Gasteiger partial charge in [0.25, 0.3) is 0 Å². The molecule has 0 aliphatic carbocycles. The van der Waals surface area contributed by atoms with Gasteiger partial charge in [-0.3, -0.25) is 0 Å². The Kier molecular flexibility index (Phi) is 3.47. The normalized spacial score (nSPS) is 10.7. The van der Waals surface area contributed by atoms with Gasteiger partial charge in [-0.25, -0.2) is 14.6 Å². The van der Waals surface area contributed by atoms with Crippen molar-refractivity contribution >= 4 is 0 Å². The van der Waals surface area contributed by atoms with Crippen LogP contribution in [0.4, 0.5) is 0 Å². The third-order valence-electron chi connectivity index (χ3n) is 2.95. The van der Waals surface area contributed by atoms with Crippen LogP contribution >= 0.6 is 0 Å². The summed E-state index contributed by atoms with van der Waals surface area (Å²) in [5.41, 5.74) is 3.59. The van der Waals surface area contributed by atoms with Crippen molar-refractivity contribution < 1.29 is 5.11 Å². The summed E-state index contributed by atoms with van der Waals surface area (Å²) in [5.74, 6) is 0. The summed E-state index contributed by atoms with van der Waals surface area (Å²) in [6.45, 7) is 0.689. The van der Waals surface area contributed by atoms with Crippen LogP contribution in [0.3, 0.4) is 0 Å². The van der Waals surface area contributed by atoms with Crippen LogP contribution in [0, 0.1) is 0 Å². The Morgan fingerprint density at radius 3 is 2.40 bits per heavy atom. The van der Waals surface area contributed by atoms with Crippen LogP contribution < -0.4 is 0 Å². The van der Waals surface area contributed by atoms with Crippen molar-refractivity contribution in [3.05, 3.63) is 60.3 Å². The molecule has 0 unspecified atom stereocenters. The zero-order valence-corrected chi connectivity index (χ0v) is 10.7. The first-order chi connectivity index (χ1) is 9.85. The molecule has 2 heterocycles. The first kappa shape index (κ1) is 12.4. The molecule has 0 saturated carbocycles. The molecule has 0 bridgehead atoms. The van der Waals surface area contributed by atoms with Crippen LogP contribution in [0.15, 0.2) is 49.2 Å². The zero-order chi connectivity index (χ0) is 13.8. The van der Waals surface area contributed by atoms with Gasteiger partial charge in [-0.05, 0) is 11.1 Å². The van der Waals surface area contributed by atoms with Crippen LogP contribution in [-0.2, 0) is 13.2 Å². The second kappa shape index (κ2) is 5.58. The van der Waals surface area contributed by atoms with Crippen molar-refractivity contribution in [2.45, 2.75) is 13.2 Å². The van der Waals surface area contributed by atoms with Crippen molar-refractivity contribution in [1.29, 1.82) is 0 Å². The number of benzene rings is 1. The summed E-state index contributed by atoms with van der Waals surface area (Å²) in [4.78, 5) is 7.92. The average Bonchev–Trinajstić information content (AvgIpc) is 2.97. The molecule has 0 spiro atoms. The van der Waals surface area contributed by atoms with E-state index < -0.39 is 0 Å². The van der Waals surface area contributed by atoms with E-state index in [1.54, 1.807) is 17.1 Å². The summed E-state index contributed by atoms with van der Waals surface area (Å²) >= 11 is 0. The van der Waals surface area contributed by atoms with Crippen molar-refractivity contribution in [3.63, 3.8) is 0 Å². The molecule has 1 aromatic carbocycles. The van der Waals surface area contributed by atoms with Crippen LogP contribution in [0.2, 0.25) is 0 Å². The number of hydrogen-bond acceptors (Lipinski definition) is 5. The molecule has 3 rings (SSSR count). The number of aliphatic hydroxyl groups excluding tert-OH is 1. The highest BCUT2D eigenvalue weighted by atomic mass is 16.3. The van der Waals surface area contributed by atoms with Gasteiger partial charge in [0.15, 0.2) is 0 Å². The maximum absolute atomic E-state index is 9.01.